The third-order valence-corrected chi connectivity index (χ3v) is 3.91. The zero-order valence-corrected chi connectivity index (χ0v) is 15.5. The Bertz CT molecular complexity index is 917. The van der Waals surface area contributed by atoms with Crippen LogP contribution in [0, 0.1) is 6.92 Å². The molecule has 9 heteroatoms. The van der Waals surface area contributed by atoms with Crippen LogP contribution in [0.2, 0.25) is 0 Å². The summed E-state index contributed by atoms with van der Waals surface area (Å²) >= 11 is 0. The number of rotatable bonds is 7. The minimum absolute atomic E-state index is 0.307. The van der Waals surface area contributed by atoms with Crippen molar-refractivity contribution in [1.82, 2.24) is 25.3 Å². The minimum atomic E-state index is -0.307. The van der Waals surface area contributed by atoms with Crippen molar-refractivity contribution in [1.29, 1.82) is 0 Å². The first-order valence-corrected chi connectivity index (χ1v) is 8.56. The lowest BCUT2D eigenvalue weighted by atomic mass is 10.2. The van der Waals surface area contributed by atoms with E-state index >= 15 is 0 Å². The number of amides is 2. The number of aromatic nitrogens is 4. The summed E-state index contributed by atoms with van der Waals surface area (Å²) in [6.07, 6.45) is 5.46. The van der Waals surface area contributed by atoms with Gasteiger partial charge in [-0.3, -0.25) is 4.68 Å². The summed E-state index contributed by atoms with van der Waals surface area (Å²) in [4.78, 5) is 12.2. The van der Waals surface area contributed by atoms with Crippen LogP contribution in [0.5, 0.6) is 5.75 Å². The lowest BCUT2D eigenvalue weighted by Crippen LogP contribution is -2.29. The van der Waals surface area contributed by atoms with Gasteiger partial charge in [0.1, 0.15) is 5.75 Å². The Kier molecular flexibility index (Phi) is 5.70. The second kappa shape index (κ2) is 8.35. The predicted octanol–water partition coefficient (Wildman–Crippen LogP) is 2.54. The highest BCUT2D eigenvalue weighted by molar-refractivity contribution is 5.91. The molecule has 0 saturated heterocycles. The zero-order valence-electron chi connectivity index (χ0n) is 15.5. The standard InChI is InChI=1S/C18H22N6O3/c1-12-22-23-17(27-12)14-6-7-16(26-3)15(9-14)21-18(25)19-8-4-5-13-10-20-24(2)11-13/h6-7,9-11H,4-5,8H2,1-3H3,(H2,19,21,25). The Morgan fingerprint density at radius 1 is 1.33 bits per heavy atom. The molecule has 0 aliphatic carbocycles. The summed E-state index contributed by atoms with van der Waals surface area (Å²) < 4.78 is 12.5. The summed E-state index contributed by atoms with van der Waals surface area (Å²) in [5, 5.41) is 17.6. The van der Waals surface area contributed by atoms with Crippen LogP contribution in [0.3, 0.4) is 0 Å². The molecule has 2 heterocycles. The Morgan fingerprint density at radius 2 is 2.19 bits per heavy atom. The predicted molar refractivity (Wildman–Crippen MR) is 99.6 cm³/mol. The van der Waals surface area contributed by atoms with E-state index in [9.17, 15) is 4.79 Å². The summed E-state index contributed by atoms with van der Waals surface area (Å²) in [6, 6.07) is 4.97. The van der Waals surface area contributed by atoms with Crippen molar-refractivity contribution in [2.75, 3.05) is 19.0 Å². The van der Waals surface area contributed by atoms with Gasteiger partial charge in [-0.1, -0.05) is 0 Å². The number of nitrogens with zero attached hydrogens (tertiary/aromatic N) is 4. The quantitative estimate of drug-likeness (QED) is 0.619. The Morgan fingerprint density at radius 3 is 2.85 bits per heavy atom. The number of urea groups is 1. The van der Waals surface area contributed by atoms with Crippen molar-refractivity contribution in [2.45, 2.75) is 19.8 Å². The number of nitrogens with one attached hydrogen (secondary N) is 2. The van der Waals surface area contributed by atoms with E-state index in [-0.39, 0.29) is 6.03 Å². The van der Waals surface area contributed by atoms with Crippen LogP contribution >= 0.6 is 0 Å². The largest absolute Gasteiger partial charge is 0.495 e. The van der Waals surface area contributed by atoms with Crippen LogP contribution in [0.1, 0.15) is 17.9 Å². The Labute approximate surface area is 156 Å². The van der Waals surface area contributed by atoms with Crippen LogP contribution in [0.25, 0.3) is 11.5 Å². The molecule has 0 atom stereocenters. The average Bonchev–Trinajstić information content (AvgIpc) is 3.27. The molecular formula is C18H22N6O3. The molecular weight excluding hydrogens is 348 g/mol. The summed E-state index contributed by atoms with van der Waals surface area (Å²) in [5.74, 6) is 1.40. The topological polar surface area (TPSA) is 107 Å². The van der Waals surface area contributed by atoms with Gasteiger partial charge in [0.25, 0.3) is 0 Å². The highest BCUT2D eigenvalue weighted by Gasteiger charge is 2.12. The molecule has 3 rings (SSSR count). The van der Waals surface area contributed by atoms with E-state index < -0.39 is 0 Å². The molecule has 2 amide bonds. The van der Waals surface area contributed by atoms with Crippen molar-refractivity contribution in [2.24, 2.45) is 7.05 Å². The minimum Gasteiger partial charge on any atom is -0.495 e. The monoisotopic (exact) mass is 370 g/mol. The third kappa shape index (κ3) is 4.84. The molecule has 0 spiro atoms. The van der Waals surface area contributed by atoms with Crippen molar-refractivity contribution in [3.05, 3.63) is 42.0 Å². The molecule has 0 saturated carbocycles. The van der Waals surface area contributed by atoms with E-state index in [1.807, 2.05) is 19.4 Å². The number of hydrogen-bond acceptors (Lipinski definition) is 6. The van der Waals surface area contributed by atoms with Gasteiger partial charge in [-0.25, -0.2) is 4.79 Å². The molecule has 1 aromatic carbocycles. The van der Waals surface area contributed by atoms with Crippen LogP contribution in [-0.4, -0.2) is 39.7 Å². The number of carbonyl (C=O) groups is 1. The second-order valence-corrected chi connectivity index (χ2v) is 6.05. The van der Waals surface area contributed by atoms with Gasteiger partial charge >= 0.3 is 6.03 Å². The second-order valence-electron chi connectivity index (χ2n) is 6.05. The first kappa shape index (κ1) is 18.4. The third-order valence-electron chi connectivity index (χ3n) is 3.91. The summed E-state index contributed by atoms with van der Waals surface area (Å²) in [7, 11) is 3.43. The summed E-state index contributed by atoms with van der Waals surface area (Å²) in [6.45, 7) is 2.27. The number of carbonyl (C=O) groups excluding carboxylic acids is 1. The molecule has 0 fully saturated rings. The molecule has 0 radical (unpaired) electrons. The summed E-state index contributed by atoms with van der Waals surface area (Å²) in [5.41, 5.74) is 2.36. The van der Waals surface area contributed by atoms with Gasteiger partial charge in [-0.2, -0.15) is 5.10 Å². The first-order chi connectivity index (χ1) is 13.0. The van der Waals surface area contributed by atoms with E-state index in [1.54, 1.807) is 36.9 Å². The van der Waals surface area contributed by atoms with Gasteiger partial charge in [-0.15, -0.1) is 10.2 Å². The molecule has 0 aliphatic rings. The average molecular weight is 370 g/mol. The van der Waals surface area contributed by atoms with Crippen molar-refractivity contribution >= 4 is 11.7 Å². The molecule has 0 unspecified atom stereocenters. The molecule has 142 valence electrons. The lowest BCUT2D eigenvalue weighted by molar-refractivity contribution is 0.252. The van der Waals surface area contributed by atoms with Gasteiger partial charge < -0.3 is 19.8 Å². The van der Waals surface area contributed by atoms with Gasteiger partial charge in [0.2, 0.25) is 11.8 Å². The van der Waals surface area contributed by atoms with Crippen LogP contribution in [0.4, 0.5) is 10.5 Å². The van der Waals surface area contributed by atoms with E-state index in [0.29, 0.717) is 35.3 Å². The maximum atomic E-state index is 12.2. The van der Waals surface area contributed by atoms with Crippen LogP contribution < -0.4 is 15.4 Å². The van der Waals surface area contributed by atoms with Gasteiger partial charge in [-0.05, 0) is 36.6 Å². The van der Waals surface area contributed by atoms with E-state index in [0.717, 1.165) is 18.4 Å². The normalized spacial score (nSPS) is 10.6. The lowest BCUT2D eigenvalue weighted by Gasteiger charge is -2.12. The Hall–Kier alpha value is -3.36. The van der Waals surface area contributed by atoms with Gasteiger partial charge in [0.15, 0.2) is 0 Å². The first-order valence-electron chi connectivity index (χ1n) is 8.56. The van der Waals surface area contributed by atoms with Crippen molar-refractivity contribution in [3.8, 4) is 17.2 Å². The van der Waals surface area contributed by atoms with Crippen molar-refractivity contribution in [3.63, 3.8) is 0 Å². The molecule has 0 aliphatic heterocycles. The number of methoxy groups -OCH3 is 1. The smallest absolute Gasteiger partial charge is 0.319 e. The number of hydrogen-bond donors (Lipinski definition) is 2. The molecule has 3 aromatic rings. The zero-order chi connectivity index (χ0) is 19.2. The van der Waals surface area contributed by atoms with Crippen LogP contribution in [-0.2, 0) is 13.5 Å². The molecule has 2 aromatic heterocycles. The maximum absolute atomic E-state index is 12.2. The van der Waals surface area contributed by atoms with E-state index in [4.69, 9.17) is 9.15 Å². The van der Waals surface area contributed by atoms with Crippen molar-refractivity contribution < 1.29 is 13.9 Å². The number of ether oxygens (including phenoxy) is 1. The fraction of sp³-hybridized carbons (Fsp3) is 0.333. The molecule has 2 N–H and O–H groups in total. The maximum Gasteiger partial charge on any atom is 0.319 e. The fourth-order valence-electron chi connectivity index (χ4n) is 2.61. The molecule has 0 bridgehead atoms. The fourth-order valence-corrected chi connectivity index (χ4v) is 2.61. The highest BCUT2D eigenvalue weighted by Crippen LogP contribution is 2.30. The van der Waals surface area contributed by atoms with Gasteiger partial charge in [0.05, 0.1) is 19.0 Å². The number of anilines is 1. The SMILES string of the molecule is COc1ccc(-c2nnc(C)o2)cc1NC(=O)NCCCc1cnn(C)c1. The molecule has 9 nitrogen and oxygen atoms in total. The number of benzene rings is 1. The molecule has 27 heavy (non-hydrogen) atoms. The highest BCUT2D eigenvalue weighted by atomic mass is 16.5. The van der Waals surface area contributed by atoms with E-state index in [1.165, 1.54) is 0 Å². The van der Waals surface area contributed by atoms with Gasteiger partial charge in [0, 0.05) is 32.3 Å². The van der Waals surface area contributed by atoms with Crippen LogP contribution in [0.15, 0.2) is 35.0 Å². The Balaban J connectivity index is 1.57. The number of aryl methyl sites for hydroxylation is 3. The van der Waals surface area contributed by atoms with E-state index in [2.05, 4.69) is 25.9 Å².